The highest BCUT2D eigenvalue weighted by Crippen LogP contribution is 2.43. The first kappa shape index (κ1) is 21.9. The van der Waals surface area contributed by atoms with Crippen molar-refractivity contribution in [3.8, 4) is 5.75 Å². The monoisotopic (exact) mass is 444 g/mol. The summed E-state index contributed by atoms with van der Waals surface area (Å²) in [4.78, 5) is 24.8. The van der Waals surface area contributed by atoms with Crippen molar-refractivity contribution in [3.05, 3.63) is 59.2 Å². The van der Waals surface area contributed by atoms with Gasteiger partial charge in [0.1, 0.15) is 11.4 Å². The SMILES string of the molecule is CC1(C)C/C(=C\C(=O)Nc2ccc3c(c2)NC(=O)C3(C)C)c2ccc(C(F)(F)F)cc2O1. The highest BCUT2D eigenvalue weighted by atomic mass is 19.4. The molecular weight excluding hydrogens is 421 g/mol. The highest BCUT2D eigenvalue weighted by Gasteiger charge is 2.38. The van der Waals surface area contributed by atoms with Gasteiger partial charge in [-0.1, -0.05) is 12.1 Å². The first-order valence-electron chi connectivity index (χ1n) is 10.1. The highest BCUT2D eigenvalue weighted by molar-refractivity contribution is 6.08. The van der Waals surface area contributed by atoms with Crippen LogP contribution in [0.4, 0.5) is 24.5 Å². The molecule has 0 unspecified atom stereocenters. The fourth-order valence-corrected chi connectivity index (χ4v) is 4.07. The summed E-state index contributed by atoms with van der Waals surface area (Å²) in [5.74, 6) is -0.443. The van der Waals surface area contributed by atoms with Gasteiger partial charge >= 0.3 is 6.18 Å². The summed E-state index contributed by atoms with van der Waals surface area (Å²) in [6.07, 6.45) is -2.75. The number of halogens is 3. The predicted molar refractivity (Wildman–Crippen MR) is 115 cm³/mol. The molecular formula is C24H23F3N2O3. The van der Waals surface area contributed by atoms with E-state index in [9.17, 15) is 22.8 Å². The first-order valence-corrected chi connectivity index (χ1v) is 10.1. The zero-order chi connectivity index (χ0) is 23.5. The maximum Gasteiger partial charge on any atom is 0.416 e. The molecule has 5 nitrogen and oxygen atoms in total. The van der Waals surface area contributed by atoms with Gasteiger partial charge in [-0.2, -0.15) is 13.2 Å². The lowest BCUT2D eigenvalue weighted by atomic mass is 9.86. The van der Waals surface area contributed by atoms with Gasteiger partial charge in [0.25, 0.3) is 0 Å². The van der Waals surface area contributed by atoms with Crippen LogP contribution in [0.1, 0.15) is 50.8 Å². The van der Waals surface area contributed by atoms with Gasteiger partial charge in [-0.25, -0.2) is 0 Å². The molecule has 32 heavy (non-hydrogen) atoms. The van der Waals surface area contributed by atoms with Crippen molar-refractivity contribution in [2.45, 2.75) is 51.3 Å². The fourth-order valence-electron chi connectivity index (χ4n) is 4.07. The Morgan fingerprint density at radius 2 is 1.84 bits per heavy atom. The largest absolute Gasteiger partial charge is 0.487 e. The molecule has 0 saturated carbocycles. The van der Waals surface area contributed by atoms with Crippen molar-refractivity contribution in [1.29, 1.82) is 0 Å². The van der Waals surface area contributed by atoms with Gasteiger partial charge in [-0.3, -0.25) is 9.59 Å². The Labute approximate surface area is 183 Å². The lowest BCUT2D eigenvalue weighted by Gasteiger charge is -2.34. The van der Waals surface area contributed by atoms with E-state index in [1.54, 1.807) is 32.0 Å². The van der Waals surface area contributed by atoms with Crippen LogP contribution in [0.5, 0.6) is 5.75 Å². The molecule has 2 aliphatic rings. The van der Waals surface area contributed by atoms with Crippen LogP contribution in [-0.4, -0.2) is 17.4 Å². The zero-order valence-corrected chi connectivity index (χ0v) is 18.1. The van der Waals surface area contributed by atoms with E-state index in [-0.39, 0.29) is 11.7 Å². The average molecular weight is 444 g/mol. The second-order valence-electron chi connectivity index (χ2n) is 9.25. The van der Waals surface area contributed by atoms with E-state index in [1.807, 2.05) is 13.8 Å². The van der Waals surface area contributed by atoms with E-state index in [0.717, 1.165) is 17.7 Å². The van der Waals surface area contributed by atoms with Crippen LogP contribution in [-0.2, 0) is 21.2 Å². The molecule has 8 heteroatoms. The van der Waals surface area contributed by atoms with Gasteiger partial charge < -0.3 is 15.4 Å². The lowest BCUT2D eigenvalue weighted by Crippen LogP contribution is -2.32. The van der Waals surface area contributed by atoms with Crippen LogP contribution in [0.25, 0.3) is 5.57 Å². The summed E-state index contributed by atoms with van der Waals surface area (Å²) >= 11 is 0. The Hall–Kier alpha value is -3.29. The molecule has 168 valence electrons. The van der Waals surface area contributed by atoms with Gasteiger partial charge in [0, 0.05) is 29.4 Å². The van der Waals surface area contributed by atoms with Gasteiger partial charge in [0.15, 0.2) is 0 Å². The maximum absolute atomic E-state index is 13.1. The molecule has 0 fully saturated rings. The molecule has 2 heterocycles. The van der Waals surface area contributed by atoms with E-state index in [2.05, 4.69) is 10.6 Å². The molecule has 4 rings (SSSR count). The number of nitrogens with one attached hydrogen (secondary N) is 2. The van der Waals surface area contributed by atoms with E-state index in [4.69, 9.17) is 4.74 Å². The summed E-state index contributed by atoms with van der Waals surface area (Å²) < 4.78 is 45.1. The number of hydrogen-bond acceptors (Lipinski definition) is 3. The number of ether oxygens (including phenoxy) is 1. The summed E-state index contributed by atoms with van der Waals surface area (Å²) in [6, 6.07) is 8.48. The Morgan fingerprint density at radius 3 is 2.53 bits per heavy atom. The Balaban J connectivity index is 1.61. The van der Waals surface area contributed by atoms with Crippen LogP contribution < -0.4 is 15.4 Å². The van der Waals surface area contributed by atoms with Crippen molar-refractivity contribution in [2.24, 2.45) is 0 Å². The molecule has 0 saturated heterocycles. The molecule has 2 aliphatic heterocycles. The Morgan fingerprint density at radius 1 is 1.12 bits per heavy atom. The van der Waals surface area contributed by atoms with Crippen LogP contribution in [0.15, 0.2) is 42.5 Å². The fraction of sp³-hybridized carbons (Fsp3) is 0.333. The van der Waals surface area contributed by atoms with Gasteiger partial charge in [0.2, 0.25) is 11.8 Å². The third kappa shape index (κ3) is 3.97. The van der Waals surface area contributed by atoms with Gasteiger partial charge in [-0.05, 0) is 63.1 Å². The van der Waals surface area contributed by atoms with E-state index >= 15 is 0 Å². The molecule has 2 aromatic rings. The number of amides is 2. The molecule has 0 aliphatic carbocycles. The quantitative estimate of drug-likeness (QED) is 0.600. The summed E-state index contributed by atoms with van der Waals surface area (Å²) in [7, 11) is 0. The summed E-state index contributed by atoms with van der Waals surface area (Å²) in [5.41, 5.74) is 0.804. The molecule has 2 N–H and O–H groups in total. The van der Waals surface area contributed by atoms with Crippen LogP contribution in [0, 0.1) is 0 Å². The minimum Gasteiger partial charge on any atom is -0.487 e. The van der Waals surface area contributed by atoms with Crippen molar-refractivity contribution in [1.82, 2.24) is 0 Å². The average Bonchev–Trinajstić information content (AvgIpc) is 2.87. The number of carbonyl (C=O) groups is 2. The van der Waals surface area contributed by atoms with Crippen LogP contribution >= 0.6 is 0 Å². The maximum atomic E-state index is 13.1. The number of benzene rings is 2. The van der Waals surface area contributed by atoms with E-state index in [1.165, 1.54) is 12.1 Å². The van der Waals surface area contributed by atoms with Crippen LogP contribution in [0.2, 0.25) is 0 Å². The number of alkyl halides is 3. The second-order valence-corrected chi connectivity index (χ2v) is 9.25. The van der Waals surface area contributed by atoms with E-state index < -0.39 is 28.7 Å². The smallest absolute Gasteiger partial charge is 0.416 e. The third-order valence-corrected chi connectivity index (χ3v) is 5.74. The lowest BCUT2D eigenvalue weighted by molar-refractivity contribution is -0.137. The minimum absolute atomic E-state index is 0.0950. The topological polar surface area (TPSA) is 67.4 Å². The van der Waals surface area contributed by atoms with E-state index in [0.29, 0.717) is 28.9 Å². The normalized spacial score (nSPS) is 19.6. The molecule has 0 aromatic heterocycles. The third-order valence-electron chi connectivity index (χ3n) is 5.74. The standard InChI is InChI=1S/C24H23F3N2O3/c1-22(2)12-13(16-7-5-14(24(25,26)27)10-19(16)32-22)9-20(30)28-15-6-8-17-18(11-15)29-21(31)23(17,3)4/h5-11H,12H2,1-4H3,(H,28,30)(H,29,31)/b13-9+. The predicted octanol–water partition coefficient (Wildman–Crippen LogP) is 5.52. The van der Waals surface area contributed by atoms with Crippen molar-refractivity contribution in [2.75, 3.05) is 10.6 Å². The Bertz CT molecular complexity index is 1160. The second kappa shape index (κ2) is 7.12. The molecule has 0 atom stereocenters. The zero-order valence-electron chi connectivity index (χ0n) is 18.1. The van der Waals surface area contributed by atoms with Gasteiger partial charge in [0.05, 0.1) is 11.0 Å². The van der Waals surface area contributed by atoms with Crippen molar-refractivity contribution in [3.63, 3.8) is 0 Å². The Kier molecular flexibility index (Phi) is 4.87. The molecule has 0 spiro atoms. The number of rotatable bonds is 2. The molecule has 2 amide bonds. The summed E-state index contributed by atoms with van der Waals surface area (Å²) in [6.45, 7) is 7.16. The molecule has 0 radical (unpaired) electrons. The first-order chi connectivity index (χ1) is 14.8. The number of anilines is 2. The molecule has 2 aromatic carbocycles. The van der Waals surface area contributed by atoms with Crippen LogP contribution in [0.3, 0.4) is 0 Å². The van der Waals surface area contributed by atoms with Gasteiger partial charge in [-0.15, -0.1) is 0 Å². The minimum atomic E-state index is -4.49. The molecule has 0 bridgehead atoms. The number of fused-ring (bicyclic) bond motifs is 2. The number of carbonyl (C=O) groups excluding carboxylic acids is 2. The summed E-state index contributed by atoms with van der Waals surface area (Å²) in [5, 5.41) is 5.58. The van der Waals surface area contributed by atoms with Crippen molar-refractivity contribution >= 4 is 28.8 Å². The van der Waals surface area contributed by atoms with Crippen molar-refractivity contribution < 1.29 is 27.5 Å². The number of hydrogen-bond donors (Lipinski definition) is 2.